The lowest BCUT2D eigenvalue weighted by Gasteiger charge is -2.20. The lowest BCUT2D eigenvalue weighted by atomic mass is 10.0. The molecule has 0 saturated heterocycles. The van der Waals surface area contributed by atoms with Crippen LogP contribution in [0.1, 0.15) is 11.1 Å². The Hall–Kier alpha value is -3.85. The number of hydrazine groups is 1. The van der Waals surface area contributed by atoms with E-state index in [1.54, 1.807) is 0 Å². The van der Waals surface area contributed by atoms with Gasteiger partial charge in [0.1, 0.15) is 12.6 Å². The molecule has 3 N–H and O–H groups in total. The molecule has 3 rings (SSSR count). The zero-order valence-corrected chi connectivity index (χ0v) is 18.0. The predicted octanol–water partition coefficient (Wildman–Crippen LogP) is 2.14. The van der Waals surface area contributed by atoms with Crippen LogP contribution in [0.15, 0.2) is 60.8 Å². The first-order valence-corrected chi connectivity index (χ1v) is 10.1. The molecule has 0 aliphatic rings. The number of esters is 1. The minimum absolute atomic E-state index is 0.113. The normalized spacial score (nSPS) is 11.7. The fourth-order valence-corrected chi connectivity index (χ4v) is 3.26. The van der Waals surface area contributed by atoms with Crippen molar-refractivity contribution in [2.45, 2.75) is 19.1 Å². The molecule has 9 nitrogen and oxygen atoms in total. The summed E-state index contributed by atoms with van der Waals surface area (Å²) in [4.78, 5) is 39.8. The van der Waals surface area contributed by atoms with Crippen LogP contribution in [0, 0.1) is 0 Å². The number of rotatable bonds is 9. The minimum Gasteiger partial charge on any atom is -0.467 e. The number of methoxy groups -OCH3 is 1. The van der Waals surface area contributed by atoms with Crippen molar-refractivity contribution in [3.05, 3.63) is 71.9 Å². The van der Waals surface area contributed by atoms with Crippen molar-refractivity contribution in [3.8, 4) is 0 Å². The zero-order chi connectivity index (χ0) is 22.9. The summed E-state index contributed by atoms with van der Waals surface area (Å²) >= 11 is 0. The van der Waals surface area contributed by atoms with E-state index in [9.17, 15) is 14.4 Å². The highest BCUT2D eigenvalue weighted by Gasteiger charge is 2.24. The molecule has 0 bridgehead atoms. The molecule has 1 unspecified atom stereocenters. The molecule has 2 amide bonds. The number of amides is 2. The van der Waals surface area contributed by atoms with Gasteiger partial charge in [0.25, 0.3) is 0 Å². The van der Waals surface area contributed by atoms with Crippen LogP contribution in [0.5, 0.6) is 0 Å². The standard InChI is InChI=1S/C23H26N4O5/c1-27(26-23(30)32-15-16-8-4-3-5-9-16)14-21(28)25-20(22(29)31-2)12-17-13-24-19-11-7-6-10-18(17)19/h3-11,13,20,24H,12,14-15H2,1-2H3,(H,25,28)(H,26,30). The monoisotopic (exact) mass is 438 g/mol. The quantitative estimate of drug-likeness (QED) is 0.349. The van der Waals surface area contributed by atoms with E-state index in [2.05, 4.69) is 15.7 Å². The van der Waals surface area contributed by atoms with E-state index in [0.717, 1.165) is 22.0 Å². The van der Waals surface area contributed by atoms with Crippen molar-refractivity contribution in [1.29, 1.82) is 0 Å². The van der Waals surface area contributed by atoms with Crippen molar-refractivity contribution < 1.29 is 23.9 Å². The summed E-state index contributed by atoms with van der Waals surface area (Å²) in [5.41, 5.74) is 5.13. The Morgan fingerprint density at radius 2 is 1.78 bits per heavy atom. The Morgan fingerprint density at radius 3 is 2.53 bits per heavy atom. The highest BCUT2D eigenvalue weighted by Crippen LogP contribution is 2.19. The summed E-state index contributed by atoms with van der Waals surface area (Å²) in [5.74, 6) is -1.01. The van der Waals surface area contributed by atoms with Crippen LogP contribution >= 0.6 is 0 Å². The van der Waals surface area contributed by atoms with Crippen LogP contribution in [-0.2, 0) is 32.1 Å². The number of benzene rings is 2. The van der Waals surface area contributed by atoms with Crippen LogP contribution in [0.3, 0.4) is 0 Å². The summed E-state index contributed by atoms with van der Waals surface area (Å²) in [6, 6.07) is 16.1. The van der Waals surface area contributed by atoms with Gasteiger partial charge >= 0.3 is 12.1 Å². The van der Waals surface area contributed by atoms with Crippen molar-refractivity contribution in [1.82, 2.24) is 20.7 Å². The number of fused-ring (bicyclic) bond motifs is 1. The van der Waals surface area contributed by atoms with E-state index in [4.69, 9.17) is 9.47 Å². The predicted molar refractivity (Wildman–Crippen MR) is 118 cm³/mol. The van der Waals surface area contributed by atoms with Gasteiger partial charge in [-0.05, 0) is 17.2 Å². The Morgan fingerprint density at radius 1 is 1.06 bits per heavy atom. The molecular weight excluding hydrogens is 412 g/mol. The van der Waals surface area contributed by atoms with Crippen LogP contribution < -0.4 is 10.7 Å². The number of nitrogens with zero attached hydrogens (tertiary/aromatic N) is 1. The second-order valence-corrected chi connectivity index (χ2v) is 7.24. The maximum atomic E-state index is 12.5. The Bertz CT molecular complexity index is 1070. The third kappa shape index (κ3) is 6.32. The molecule has 3 aromatic rings. The van der Waals surface area contributed by atoms with Crippen molar-refractivity contribution in [3.63, 3.8) is 0 Å². The highest BCUT2D eigenvalue weighted by molar-refractivity contribution is 5.88. The highest BCUT2D eigenvalue weighted by atomic mass is 16.6. The van der Waals surface area contributed by atoms with Crippen molar-refractivity contribution >= 4 is 28.9 Å². The number of aromatic amines is 1. The lowest BCUT2D eigenvalue weighted by molar-refractivity contribution is -0.145. The van der Waals surface area contributed by atoms with Crippen molar-refractivity contribution in [2.24, 2.45) is 0 Å². The molecule has 0 aliphatic heterocycles. The van der Waals surface area contributed by atoms with Gasteiger partial charge in [-0.3, -0.25) is 10.2 Å². The second-order valence-electron chi connectivity index (χ2n) is 7.24. The van der Waals surface area contributed by atoms with Crippen LogP contribution in [-0.4, -0.2) is 54.7 Å². The number of aromatic nitrogens is 1. The summed E-state index contributed by atoms with van der Waals surface area (Å²) in [5, 5.41) is 4.92. The number of carbonyl (C=O) groups excluding carboxylic acids is 3. The van der Waals surface area contributed by atoms with E-state index >= 15 is 0 Å². The summed E-state index contributed by atoms with van der Waals surface area (Å²) < 4.78 is 9.98. The Balaban J connectivity index is 1.52. The number of H-pyrrole nitrogens is 1. The van der Waals surface area contributed by atoms with Gasteiger partial charge < -0.3 is 19.8 Å². The molecule has 0 saturated carbocycles. The third-order valence-electron chi connectivity index (χ3n) is 4.80. The van der Waals surface area contributed by atoms with E-state index in [1.165, 1.54) is 19.2 Å². The number of nitrogens with one attached hydrogen (secondary N) is 3. The Labute approximate surface area is 185 Å². The molecule has 2 aromatic carbocycles. The van der Waals surface area contributed by atoms with Crippen LogP contribution in [0.2, 0.25) is 0 Å². The number of likely N-dealkylation sites (N-methyl/N-ethyl adjacent to an activating group) is 1. The molecular formula is C23H26N4O5. The van der Waals surface area contributed by atoms with Gasteiger partial charge in [0, 0.05) is 30.6 Å². The fourth-order valence-electron chi connectivity index (χ4n) is 3.26. The summed E-state index contributed by atoms with van der Waals surface area (Å²) in [6.45, 7) is -0.0659. The number of para-hydroxylation sites is 1. The minimum atomic E-state index is -0.870. The molecule has 32 heavy (non-hydrogen) atoms. The number of hydrogen-bond acceptors (Lipinski definition) is 6. The van der Waals surface area contributed by atoms with Crippen LogP contribution in [0.25, 0.3) is 10.9 Å². The molecule has 0 radical (unpaired) electrons. The first-order chi connectivity index (χ1) is 15.5. The van der Waals surface area contributed by atoms with E-state index in [1.807, 2.05) is 60.8 Å². The van der Waals surface area contributed by atoms with Gasteiger partial charge in [-0.25, -0.2) is 14.6 Å². The van der Waals surface area contributed by atoms with Gasteiger partial charge in [-0.2, -0.15) is 0 Å². The first kappa shape index (κ1) is 22.8. The van der Waals surface area contributed by atoms with E-state index in [-0.39, 0.29) is 19.6 Å². The van der Waals surface area contributed by atoms with Gasteiger partial charge in [-0.15, -0.1) is 0 Å². The van der Waals surface area contributed by atoms with E-state index < -0.39 is 24.0 Å². The maximum absolute atomic E-state index is 12.5. The largest absolute Gasteiger partial charge is 0.467 e. The topological polar surface area (TPSA) is 113 Å². The maximum Gasteiger partial charge on any atom is 0.422 e. The molecule has 168 valence electrons. The molecule has 9 heteroatoms. The van der Waals surface area contributed by atoms with Gasteiger partial charge in [0.05, 0.1) is 13.7 Å². The molecule has 0 fully saturated rings. The molecule has 1 heterocycles. The lowest BCUT2D eigenvalue weighted by Crippen LogP contribution is -2.50. The average Bonchev–Trinajstić information content (AvgIpc) is 3.20. The third-order valence-corrected chi connectivity index (χ3v) is 4.80. The summed E-state index contributed by atoms with van der Waals surface area (Å²) in [6.07, 6.45) is 1.38. The Kier molecular flexibility index (Phi) is 7.82. The smallest absolute Gasteiger partial charge is 0.422 e. The number of hydrogen-bond donors (Lipinski definition) is 3. The van der Waals surface area contributed by atoms with Gasteiger partial charge in [-0.1, -0.05) is 48.5 Å². The summed E-state index contributed by atoms with van der Waals surface area (Å²) in [7, 11) is 2.79. The second kappa shape index (κ2) is 11.0. The van der Waals surface area contributed by atoms with Crippen LogP contribution in [0.4, 0.5) is 4.79 Å². The molecule has 1 atom stereocenters. The van der Waals surface area contributed by atoms with Gasteiger partial charge in [0.2, 0.25) is 5.91 Å². The molecule has 0 spiro atoms. The van der Waals surface area contributed by atoms with Gasteiger partial charge in [0.15, 0.2) is 0 Å². The fraction of sp³-hybridized carbons (Fsp3) is 0.261. The SMILES string of the molecule is COC(=O)C(Cc1c[nH]c2ccccc12)NC(=O)CN(C)NC(=O)OCc1ccccc1. The average molecular weight is 438 g/mol. The number of ether oxygens (including phenoxy) is 2. The van der Waals surface area contributed by atoms with E-state index in [0.29, 0.717) is 0 Å². The van der Waals surface area contributed by atoms with Crippen molar-refractivity contribution in [2.75, 3.05) is 20.7 Å². The first-order valence-electron chi connectivity index (χ1n) is 10.1. The zero-order valence-electron chi connectivity index (χ0n) is 18.0. The number of carbonyl (C=O) groups is 3. The molecule has 1 aromatic heterocycles. The molecule has 0 aliphatic carbocycles.